The first-order valence-electron chi connectivity index (χ1n) is 5.22. The summed E-state index contributed by atoms with van der Waals surface area (Å²) in [5, 5.41) is 4.13. The van der Waals surface area contributed by atoms with Crippen LogP contribution in [0.2, 0.25) is 10.0 Å². The van der Waals surface area contributed by atoms with Crippen molar-refractivity contribution in [1.82, 2.24) is 5.32 Å². The van der Waals surface area contributed by atoms with Gasteiger partial charge < -0.3 is 5.32 Å². The number of hydrogen-bond acceptors (Lipinski definition) is 3. The number of nitrogens with one attached hydrogen (secondary N) is 1. The van der Waals surface area contributed by atoms with Crippen LogP contribution in [0.3, 0.4) is 0 Å². The molecule has 0 radical (unpaired) electrons. The number of guanidine groups is 1. The van der Waals surface area contributed by atoms with Crippen LogP contribution in [0.4, 0.5) is 5.69 Å². The summed E-state index contributed by atoms with van der Waals surface area (Å²) in [7, 11) is 0. The normalized spacial score (nSPS) is 20.6. The Balaban J connectivity index is 0.00000120. The zero-order chi connectivity index (χ0) is 12.2. The van der Waals surface area contributed by atoms with Gasteiger partial charge in [0.05, 0.1) is 15.7 Å². The van der Waals surface area contributed by atoms with Gasteiger partial charge in [0.2, 0.25) is 5.96 Å². The van der Waals surface area contributed by atoms with Crippen LogP contribution >= 0.6 is 35.6 Å². The molecule has 0 bridgehead atoms. The average molecular weight is 307 g/mol. The van der Waals surface area contributed by atoms with E-state index in [-0.39, 0.29) is 24.4 Å². The van der Waals surface area contributed by atoms with Crippen molar-refractivity contribution < 1.29 is 4.79 Å². The van der Waals surface area contributed by atoms with Crippen LogP contribution in [0, 0.1) is 0 Å². The first-order valence-corrected chi connectivity index (χ1v) is 5.97. The molecule has 0 aromatic heterocycles. The van der Waals surface area contributed by atoms with E-state index in [0.717, 1.165) is 11.3 Å². The summed E-state index contributed by atoms with van der Waals surface area (Å²) >= 11 is 12.1. The highest BCUT2D eigenvalue weighted by Gasteiger charge is 2.37. The molecule has 18 heavy (non-hydrogen) atoms. The van der Waals surface area contributed by atoms with Gasteiger partial charge in [-0.05, 0) is 19.1 Å². The molecule has 96 valence electrons. The van der Waals surface area contributed by atoms with Crippen LogP contribution in [0.5, 0.6) is 0 Å². The van der Waals surface area contributed by atoms with Crippen LogP contribution in [-0.4, -0.2) is 17.9 Å². The minimum absolute atomic E-state index is 0. The fourth-order valence-corrected chi connectivity index (χ4v) is 2.54. The van der Waals surface area contributed by atoms with Crippen LogP contribution in [0.1, 0.15) is 12.5 Å². The largest absolute Gasteiger partial charge is 0.351 e. The molecular weight excluding hydrogens is 296 g/mol. The number of carbonyl (C=O) groups excluding carboxylic acids is 1. The van der Waals surface area contributed by atoms with Gasteiger partial charge in [0.1, 0.15) is 6.04 Å². The molecule has 0 fully saturated rings. The van der Waals surface area contributed by atoms with Gasteiger partial charge in [-0.25, -0.2) is 0 Å². The first kappa shape index (κ1) is 13.5. The van der Waals surface area contributed by atoms with Crippen molar-refractivity contribution >= 4 is 53.2 Å². The van der Waals surface area contributed by atoms with Crippen molar-refractivity contribution in [3.05, 3.63) is 27.7 Å². The summed E-state index contributed by atoms with van der Waals surface area (Å²) < 4.78 is 0. The van der Waals surface area contributed by atoms with E-state index in [1.165, 1.54) is 0 Å². The minimum Gasteiger partial charge on any atom is -0.351 e. The molecule has 0 saturated heterocycles. The summed E-state index contributed by atoms with van der Waals surface area (Å²) in [5.41, 5.74) is 1.80. The van der Waals surface area contributed by atoms with Gasteiger partial charge in [0.25, 0.3) is 5.91 Å². The molecule has 1 aromatic carbocycles. The Morgan fingerprint density at radius 2 is 2.17 bits per heavy atom. The topological polar surface area (TPSA) is 44.7 Å². The molecule has 0 spiro atoms. The number of fused-ring (bicyclic) bond motifs is 3. The molecule has 1 N–H and O–H groups in total. The Morgan fingerprint density at radius 3 is 2.89 bits per heavy atom. The minimum atomic E-state index is -0.297. The van der Waals surface area contributed by atoms with Gasteiger partial charge in [-0.3, -0.25) is 9.69 Å². The first-order chi connectivity index (χ1) is 8.09. The lowest BCUT2D eigenvalue weighted by Gasteiger charge is -2.32. The predicted octanol–water partition coefficient (Wildman–Crippen LogP) is 2.61. The zero-order valence-corrected chi connectivity index (χ0v) is 11.7. The SMILES string of the molecule is CC1C(=O)N=C2NCc3c(ccc(Cl)c3Cl)N21.Cl. The highest BCUT2D eigenvalue weighted by Crippen LogP contribution is 2.37. The number of benzene rings is 1. The molecule has 0 saturated carbocycles. The second-order valence-electron chi connectivity index (χ2n) is 4.03. The van der Waals surface area contributed by atoms with Crippen molar-refractivity contribution in [2.45, 2.75) is 19.5 Å². The van der Waals surface area contributed by atoms with Crippen molar-refractivity contribution in [2.75, 3.05) is 4.90 Å². The smallest absolute Gasteiger partial charge is 0.271 e. The quantitative estimate of drug-likeness (QED) is 0.801. The third kappa shape index (κ3) is 1.76. The van der Waals surface area contributed by atoms with Crippen LogP contribution in [0.25, 0.3) is 0 Å². The summed E-state index contributed by atoms with van der Waals surface area (Å²) in [6.07, 6.45) is 0. The zero-order valence-electron chi connectivity index (χ0n) is 9.41. The van der Waals surface area contributed by atoms with E-state index in [1.54, 1.807) is 6.07 Å². The van der Waals surface area contributed by atoms with E-state index in [0.29, 0.717) is 22.5 Å². The number of rotatable bonds is 0. The maximum absolute atomic E-state index is 11.6. The van der Waals surface area contributed by atoms with Crippen molar-refractivity contribution in [3.63, 3.8) is 0 Å². The van der Waals surface area contributed by atoms with Gasteiger partial charge in [-0.1, -0.05) is 23.2 Å². The molecule has 7 heteroatoms. The number of aliphatic imine (C=N–C) groups is 1. The summed E-state index contributed by atoms with van der Waals surface area (Å²) in [6, 6.07) is 3.31. The van der Waals surface area contributed by atoms with Gasteiger partial charge in [0, 0.05) is 12.1 Å². The maximum Gasteiger partial charge on any atom is 0.271 e. The highest BCUT2D eigenvalue weighted by atomic mass is 35.5. The predicted molar refractivity (Wildman–Crippen MR) is 74.9 cm³/mol. The Bertz CT molecular complexity index is 559. The van der Waals surface area contributed by atoms with Crippen LogP contribution in [-0.2, 0) is 11.3 Å². The molecule has 1 aromatic rings. The van der Waals surface area contributed by atoms with Gasteiger partial charge in [-0.2, -0.15) is 4.99 Å². The number of amides is 1. The van der Waals surface area contributed by atoms with Crippen LogP contribution in [0.15, 0.2) is 17.1 Å². The number of halogens is 3. The van der Waals surface area contributed by atoms with Gasteiger partial charge in [0.15, 0.2) is 0 Å². The molecule has 1 atom stereocenters. The summed E-state index contributed by atoms with van der Waals surface area (Å²) in [5.74, 6) is 0.444. The Labute approximate surface area is 120 Å². The molecule has 2 aliphatic heterocycles. The van der Waals surface area contributed by atoms with Crippen LogP contribution < -0.4 is 10.2 Å². The fraction of sp³-hybridized carbons (Fsp3) is 0.273. The van der Waals surface area contributed by atoms with Crippen molar-refractivity contribution in [1.29, 1.82) is 0 Å². The van der Waals surface area contributed by atoms with E-state index in [4.69, 9.17) is 23.2 Å². The monoisotopic (exact) mass is 305 g/mol. The Morgan fingerprint density at radius 1 is 1.44 bits per heavy atom. The Kier molecular flexibility index (Phi) is 3.45. The molecule has 1 amide bonds. The molecule has 2 heterocycles. The van der Waals surface area contributed by atoms with E-state index in [2.05, 4.69) is 10.3 Å². The van der Waals surface area contributed by atoms with E-state index < -0.39 is 0 Å². The number of carbonyl (C=O) groups is 1. The summed E-state index contributed by atoms with van der Waals surface area (Å²) in [4.78, 5) is 17.4. The van der Waals surface area contributed by atoms with E-state index >= 15 is 0 Å². The number of anilines is 1. The highest BCUT2D eigenvalue weighted by molar-refractivity contribution is 6.43. The standard InChI is InChI=1S/C11H9Cl2N3O.ClH/c1-5-10(17)15-11-14-4-6-8(16(5)11)3-2-7(12)9(6)13;/h2-3,5H,4H2,1H3,(H,14,15,17);1H. The van der Waals surface area contributed by atoms with Crippen molar-refractivity contribution in [2.24, 2.45) is 4.99 Å². The average Bonchev–Trinajstić information content (AvgIpc) is 2.60. The molecular formula is C11H10Cl3N3O. The summed E-state index contributed by atoms with van der Waals surface area (Å²) in [6.45, 7) is 2.35. The lowest BCUT2D eigenvalue weighted by molar-refractivity contribution is -0.117. The maximum atomic E-state index is 11.6. The molecule has 2 aliphatic rings. The number of nitrogens with zero attached hydrogens (tertiary/aromatic N) is 2. The van der Waals surface area contributed by atoms with Gasteiger partial charge in [-0.15, -0.1) is 12.4 Å². The fourth-order valence-electron chi connectivity index (χ4n) is 2.14. The van der Waals surface area contributed by atoms with E-state index in [9.17, 15) is 4.79 Å². The second kappa shape index (κ2) is 4.61. The molecule has 4 nitrogen and oxygen atoms in total. The number of hydrogen-bond donors (Lipinski definition) is 1. The third-order valence-electron chi connectivity index (χ3n) is 3.04. The molecule has 0 aliphatic carbocycles. The Hall–Kier alpha value is -0.970. The second-order valence-corrected chi connectivity index (χ2v) is 4.82. The van der Waals surface area contributed by atoms with Crippen molar-refractivity contribution in [3.8, 4) is 0 Å². The molecule has 1 unspecified atom stereocenters. The van der Waals surface area contributed by atoms with Gasteiger partial charge >= 0.3 is 0 Å². The van der Waals surface area contributed by atoms with E-state index in [1.807, 2.05) is 17.9 Å². The lowest BCUT2D eigenvalue weighted by atomic mass is 10.1. The third-order valence-corrected chi connectivity index (χ3v) is 3.89. The molecule has 3 rings (SSSR count). The lowest BCUT2D eigenvalue weighted by Crippen LogP contribution is -2.46.